The first-order valence-corrected chi connectivity index (χ1v) is 7.00. The second-order valence-corrected chi connectivity index (χ2v) is 5.76. The molecule has 0 amide bonds. The first-order chi connectivity index (χ1) is 8.93. The third-order valence-electron chi connectivity index (χ3n) is 3.07. The minimum absolute atomic E-state index is 0.378. The van der Waals surface area contributed by atoms with Gasteiger partial charge in [0.1, 0.15) is 10.7 Å². The zero-order valence-electron chi connectivity index (χ0n) is 12.3. The normalized spacial score (nSPS) is 11.1. The Kier molecular flexibility index (Phi) is 6.25. The number of ether oxygens (including phenoxy) is 1. The lowest BCUT2D eigenvalue weighted by atomic mass is 10.1. The Balaban J connectivity index is 2.74. The van der Waals surface area contributed by atoms with Gasteiger partial charge in [0, 0.05) is 6.54 Å². The largest absolute Gasteiger partial charge is 0.496 e. The summed E-state index contributed by atoms with van der Waals surface area (Å²) in [7, 11) is 3.76. The molecule has 0 spiro atoms. The summed E-state index contributed by atoms with van der Waals surface area (Å²) in [4.78, 5) is 2.69. The van der Waals surface area contributed by atoms with Gasteiger partial charge in [-0.3, -0.25) is 0 Å². The van der Waals surface area contributed by atoms with Gasteiger partial charge in [0.15, 0.2) is 0 Å². The molecule has 0 aromatic heterocycles. The van der Waals surface area contributed by atoms with Crippen LogP contribution in [0.2, 0.25) is 0 Å². The van der Waals surface area contributed by atoms with E-state index in [1.807, 2.05) is 12.1 Å². The molecule has 0 aliphatic heterocycles. The van der Waals surface area contributed by atoms with E-state index in [4.69, 9.17) is 22.7 Å². The summed E-state index contributed by atoms with van der Waals surface area (Å²) in [6.07, 6.45) is 1.20. The van der Waals surface area contributed by atoms with E-state index in [0.717, 1.165) is 30.3 Å². The van der Waals surface area contributed by atoms with E-state index in [0.29, 0.717) is 4.99 Å². The number of hydrogen-bond acceptors (Lipinski definition) is 3. The van der Waals surface area contributed by atoms with Crippen molar-refractivity contribution < 1.29 is 4.74 Å². The summed E-state index contributed by atoms with van der Waals surface area (Å²) in [6.45, 7) is 6.47. The summed E-state index contributed by atoms with van der Waals surface area (Å²) in [6, 6.07) is 6.01. The fraction of sp³-hybridized carbons (Fsp3) is 0.533. The van der Waals surface area contributed by atoms with E-state index in [-0.39, 0.29) is 0 Å². The molecule has 0 unspecified atom stereocenters. The van der Waals surface area contributed by atoms with E-state index in [1.54, 1.807) is 7.11 Å². The summed E-state index contributed by atoms with van der Waals surface area (Å²) in [5.74, 6) is 1.46. The minimum Gasteiger partial charge on any atom is -0.496 e. The first-order valence-electron chi connectivity index (χ1n) is 6.59. The summed E-state index contributed by atoms with van der Waals surface area (Å²) in [5, 5.41) is 0. The standard InChI is InChI=1S/C15H24N2OS/c1-11(2)7-8-17(3)10-12-5-6-14(18-4)13(9-12)15(16)19/h5-6,9,11H,7-8,10H2,1-4H3,(H2,16,19). The number of methoxy groups -OCH3 is 1. The van der Waals surface area contributed by atoms with Crippen LogP contribution in [0, 0.1) is 5.92 Å². The Morgan fingerprint density at radius 3 is 2.63 bits per heavy atom. The third kappa shape index (κ3) is 5.17. The number of nitrogens with two attached hydrogens (primary N) is 1. The maximum Gasteiger partial charge on any atom is 0.129 e. The van der Waals surface area contributed by atoms with E-state index < -0.39 is 0 Å². The van der Waals surface area contributed by atoms with Crippen molar-refractivity contribution in [1.29, 1.82) is 0 Å². The molecule has 0 aliphatic carbocycles. The Morgan fingerprint density at radius 2 is 2.11 bits per heavy atom. The fourth-order valence-electron chi connectivity index (χ4n) is 1.92. The first kappa shape index (κ1) is 15.9. The van der Waals surface area contributed by atoms with Gasteiger partial charge < -0.3 is 15.4 Å². The van der Waals surface area contributed by atoms with Gasteiger partial charge in [0.05, 0.1) is 12.7 Å². The summed E-state index contributed by atoms with van der Waals surface area (Å²) in [5.41, 5.74) is 7.74. The lowest BCUT2D eigenvalue weighted by Gasteiger charge is -2.18. The maximum atomic E-state index is 5.73. The van der Waals surface area contributed by atoms with Gasteiger partial charge in [0.25, 0.3) is 0 Å². The van der Waals surface area contributed by atoms with Gasteiger partial charge in [-0.2, -0.15) is 0 Å². The van der Waals surface area contributed by atoms with Crippen LogP contribution < -0.4 is 10.5 Å². The molecule has 19 heavy (non-hydrogen) atoms. The Hall–Kier alpha value is -1.13. The molecule has 0 saturated heterocycles. The van der Waals surface area contributed by atoms with Crippen molar-refractivity contribution >= 4 is 17.2 Å². The van der Waals surface area contributed by atoms with Gasteiger partial charge >= 0.3 is 0 Å². The van der Waals surface area contributed by atoms with E-state index in [1.165, 1.54) is 12.0 Å². The molecule has 0 bridgehead atoms. The van der Waals surface area contributed by atoms with Crippen molar-refractivity contribution in [2.75, 3.05) is 20.7 Å². The highest BCUT2D eigenvalue weighted by Gasteiger charge is 2.08. The second kappa shape index (κ2) is 7.46. The summed E-state index contributed by atoms with van der Waals surface area (Å²) >= 11 is 5.06. The van der Waals surface area contributed by atoms with Crippen molar-refractivity contribution in [3.63, 3.8) is 0 Å². The molecule has 4 heteroatoms. The Bertz CT molecular complexity index is 432. The van der Waals surface area contributed by atoms with Crippen LogP contribution in [0.15, 0.2) is 18.2 Å². The highest BCUT2D eigenvalue weighted by Crippen LogP contribution is 2.20. The number of nitrogens with zero attached hydrogens (tertiary/aromatic N) is 1. The van der Waals surface area contributed by atoms with Gasteiger partial charge in [-0.25, -0.2) is 0 Å². The van der Waals surface area contributed by atoms with Crippen LogP contribution in [0.4, 0.5) is 0 Å². The van der Waals surface area contributed by atoms with Gasteiger partial charge in [0.2, 0.25) is 0 Å². The molecule has 3 nitrogen and oxygen atoms in total. The lowest BCUT2D eigenvalue weighted by Crippen LogP contribution is -2.21. The van der Waals surface area contributed by atoms with Crippen molar-refractivity contribution in [1.82, 2.24) is 4.90 Å². The van der Waals surface area contributed by atoms with E-state index in [9.17, 15) is 0 Å². The summed E-state index contributed by atoms with van der Waals surface area (Å²) < 4.78 is 5.26. The minimum atomic E-state index is 0.378. The molecular weight excluding hydrogens is 256 g/mol. The molecular formula is C15H24N2OS. The average molecular weight is 280 g/mol. The monoisotopic (exact) mass is 280 g/mol. The van der Waals surface area contributed by atoms with Crippen LogP contribution in [0.5, 0.6) is 5.75 Å². The molecule has 106 valence electrons. The molecule has 2 N–H and O–H groups in total. The third-order valence-corrected chi connectivity index (χ3v) is 3.29. The highest BCUT2D eigenvalue weighted by molar-refractivity contribution is 7.80. The molecule has 1 rings (SSSR count). The fourth-order valence-corrected chi connectivity index (χ4v) is 2.07. The Morgan fingerprint density at radius 1 is 1.42 bits per heavy atom. The van der Waals surface area contributed by atoms with Crippen LogP contribution >= 0.6 is 12.2 Å². The zero-order valence-corrected chi connectivity index (χ0v) is 13.1. The van der Waals surface area contributed by atoms with Gasteiger partial charge in [-0.15, -0.1) is 0 Å². The molecule has 0 atom stereocenters. The topological polar surface area (TPSA) is 38.5 Å². The van der Waals surface area contributed by atoms with Crippen molar-refractivity contribution in [2.24, 2.45) is 11.7 Å². The predicted molar refractivity (Wildman–Crippen MR) is 84.7 cm³/mol. The van der Waals surface area contributed by atoms with Crippen LogP contribution in [0.3, 0.4) is 0 Å². The van der Waals surface area contributed by atoms with Crippen LogP contribution in [0.1, 0.15) is 31.4 Å². The van der Waals surface area contributed by atoms with Crippen LogP contribution in [-0.2, 0) is 6.54 Å². The van der Waals surface area contributed by atoms with Crippen molar-refractivity contribution in [3.05, 3.63) is 29.3 Å². The van der Waals surface area contributed by atoms with Gasteiger partial charge in [-0.1, -0.05) is 32.1 Å². The quantitative estimate of drug-likeness (QED) is 0.780. The predicted octanol–water partition coefficient (Wildman–Crippen LogP) is 2.81. The van der Waals surface area contributed by atoms with Crippen molar-refractivity contribution in [3.8, 4) is 5.75 Å². The number of rotatable bonds is 7. The van der Waals surface area contributed by atoms with E-state index >= 15 is 0 Å². The zero-order chi connectivity index (χ0) is 14.4. The molecule has 0 aliphatic rings. The van der Waals surface area contributed by atoms with Crippen LogP contribution in [-0.4, -0.2) is 30.6 Å². The van der Waals surface area contributed by atoms with Gasteiger partial charge in [-0.05, 0) is 43.6 Å². The van der Waals surface area contributed by atoms with Crippen LogP contribution in [0.25, 0.3) is 0 Å². The average Bonchev–Trinajstić information content (AvgIpc) is 2.36. The van der Waals surface area contributed by atoms with Crippen molar-refractivity contribution in [2.45, 2.75) is 26.8 Å². The molecule has 0 fully saturated rings. The number of hydrogen-bond donors (Lipinski definition) is 1. The lowest BCUT2D eigenvalue weighted by molar-refractivity contribution is 0.303. The molecule has 1 aromatic carbocycles. The molecule has 0 saturated carbocycles. The highest BCUT2D eigenvalue weighted by atomic mass is 32.1. The number of thiocarbonyl (C=S) groups is 1. The smallest absolute Gasteiger partial charge is 0.129 e. The molecule has 1 aromatic rings. The molecule has 0 heterocycles. The SMILES string of the molecule is COc1ccc(CN(C)CCC(C)C)cc1C(N)=S. The number of benzene rings is 1. The molecule has 0 radical (unpaired) electrons. The van der Waals surface area contributed by atoms with E-state index in [2.05, 4.69) is 31.9 Å². The Labute approximate surface area is 121 Å². The second-order valence-electron chi connectivity index (χ2n) is 5.32. The maximum absolute atomic E-state index is 5.73.